The lowest BCUT2D eigenvalue weighted by Crippen LogP contribution is -2.13. The van der Waals surface area contributed by atoms with Crippen LogP contribution in [0.3, 0.4) is 0 Å². The van der Waals surface area contributed by atoms with Crippen molar-refractivity contribution in [3.8, 4) is 0 Å². The fourth-order valence-corrected chi connectivity index (χ4v) is 3.38. The SMILES string of the molecule is NC(=O)c1cnc(NC(=O)Cc2cc3c(ccc4ccccc43)o2)s1. The highest BCUT2D eigenvalue weighted by Gasteiger charge is 2.13. The molecule has 0 bridgehead atoms. The Hall–Kier alpha value is -3.19. The summed E-state index contributed by atoms with van der Waals surface area (Å²) >= 11 is 1.04. The van der Waals surface area contributed by atoms with Gasteiger partial charge in [0.15, 0.2) is 5.13 Å². The fraction of sp³-hybridized carbons (Fsp3) is 0.0556. The monoisotopic (exact) mass is 351 g/mol. The summed E-state index contributed by atoms with van der Waals surface area (Å²) in [5.74, 6) is -0.272. The molecule has 0 unspecified atom stereocenters. The number of hydrogen-bond acceptors (Lipinski definition) is 5. The Balaban J connectivity index is 1.56. The number of carbonyl (C=O) groups is 2. The van der Waals surface area contributed by atoms with Crippen molar-refractivity contribution in [2.24, 2.45) is 5.73 Å². The normalized spacial score (nSPS) is 11.0. The van der Waals surface area contributed by atoms with Gasteiger partial charge in [-0.1, -0.05) is 41.7 Å². The number of aromatic nitrogens is 1. The molecule has 0 radical (unpaired) electrons. The van der Waals surface area contributed by atoms with Crippen LogP contribution in [0, 0.1) is 0 Å². The maximum atomic E-state index is 12.2. The molecule has 0 fully saturated rings. The van der Waals surface area contributed by atoms with E-state index in [0.717, 1.165) is 33.1 Å². The summed E-state index contributed by atoms with van der Waals surface area (Å²) in [5, 5.41) is 6.16. The zero-order chi connectivity index (χ0) is 17.4. The van der Waals surface area contributed by atoms with Crippen molar-refractivity contribution in [1.29, 1.82) is 0 Å². The largest absolute Gasteiger partial charge is 0.461 e. The van der Waals surface area contributed by atoms with Crippen molar-refractivity contribution < 1.29 is 14.0 Å². The van der Waals surface area contributed by atoms with E-state index in [1.54, 1.807) is 0 Å². The number of carbonyl (C=O) groups excluding carboxylic acids is 2. The van der Waals surface area contributed by atoms with Gasteiger partial charge >= 0.3 is 0 Å². The van der Waals surface area contributed by atoms with Crippen molar-refractivity contribution in [1.82, 2.24) is 4.98 Å². The van der Waals surface area contributed by atoms with Crippen LogP contribution >= 0.6 is 11.3 Å². The molecule has 0 aliphatic rings. The highest BCUT2D eigenvalue weighted by molar-refractivity contribution is 7.17. The molecule has 2 amide bonds. The lowest BCUT2D eigenvalue weighted by atomic mass is 10.1. The van der Waals surface area contributed by atoms with Crippen LogP contribution in [0.5, 0.6) is 0 Å². The predicted octanol–water partition coefficient (Wildman–Crippen LogP) is 3.32. The quantitative estimate of drug-likeness (QED) is 0.589. The number of hydrogen-bond donors (Lipinski definition) is 2. The molecule has 0 aliphatic heterocycles. The fourth-order valence-electron chi connectivity index (χ4n) is 2.70. The van der Waals surface area contributed by atoms with Gasteiger partial charge in [0.05, 0.1) is 12.6 Å². The molecule has 4 rings (SSSR count). The number of rotatable bonds is 4. The Morgan fingerprint density at radius 1 is 1.16 bits per heavy atom. The third kappa shape index (κ3) is 2.97. The number of thiazole rings is 1. The van der Waals surface area contributed by atoms with Crippen molar-refractivity contribution in [2.75, 3.05) is 5.32 Å². The lowest BCUT2D eigenvalue weighted by Gasteiger charge is -1.98. The van der Waals surface area contributed by atoms with Crippen LogP contribution in [0.15, 0.2) is 53.1 Å². The van der Waals surface area contributed by atoms with Gasteiger partial charge in [0.1, 0.15) is 16.2 Å². The molecule has 124 valence electrons. The number of benzene rings is 2. The number of amides is 2. The summed E-state index contributed by atoms with van der Waals surface area (Å²) in [7, 11) is 0. The number of nitrogens with zero attached hydrogens (tertiary/aromatic N) is 1. The maximum absolute atomic E-state index is 12.2. The number of nitrogens with one attached hydrogen (secondary N) is 1. The molecule has 2 aromatic heterocycles. The molecule has 0 spiro atoms. The van der Waals surface area contributed by atoms with E-state index in [1.165, 1.54) is 6.20 Å². The first kappa shape index (κ1) is 15.3. The van der Waals surface area contributed by atoms with Gasteiger partial charge in [-0.3, -0.25) is 9.59 Å². The first-order valence-electron chi connectivity index (χ1n) is 7.56. The maximum Gasteiger partial charge on any atom is 0.260 e. The van der Waals surface area contributed by atoms with Crippen LogP contribution in [0.1, 0.15) is 15.4 Å². The van der Waals surface area contributed by atoms with E-state index in [1.807, 2.05) is 42.5 Å². The Morgan fingerprint density at radius 3 is 2.80 bits per heavy atom. The summed E-state index contributed by atoms with van der Waals surface area (Å²) in [6.45, 7) is 0. The minimum absolute atomic E-state index is 0.0779. The molecule has 0 atom stereocenters. The third-order valence-corrected chi connectivity index (χ3v) is 4.73. The molecule has 7 heteroatoms. The van der Waals surface area contributed by atoms with E-state index >= 15 is 0 Å². The second-order valence-corrected chi connectivity index (χ2v) is 6.56. The molecule has 4 aromatic rings. The van der Waals surface area contributed by atoms with Gasteiger partial charge < -0.3 is 15.5 Å². The van der Waals surface area contributed by atoms with E-state index in [-0.39, 0.29) is 12.3 Å². The molecule has 0 aliphatic carbocycles. The van der Waals surface area contributed by atoms with Crippen molar-refractivity contribution in [3.63, 3.8) is 0 Å². The molecule has 3 N–H and O–H groups in total. The van der Waals surface area contributed by atoms with Crippen molar-refractivity contribution in [3.05, 3.63) is 59.3 Å². The van der Waals surface area contributed by atoms with E-state index < -0.39 is 5.91 Å². The number of primary amides is 1. The smallest absolute Gasteiger partial charge is 0.260 e. The lowest BCUT2D eigenvalue weighted by molar-refractivity contribution is -0.115. The number of fused-ring (bicyclic) bond motifs is 3. The van der Waals surface area contributed by atoms with Crippen LogP contribution in [0.2, 0.25) is 0 Å². The summed E-state index contributed by atoms with van der Waals surface area (Å²) in [4.78, 5) is 27.5. The highest BCUT2D eigenvalue weighted by Crippen LogP contribution is 2.28. The second-order valence-electron chi connectivity index (χ2n) is 5.53. The Kier molecular flexibility index (Phi) is 3.70. The average molecular weight is 351 g/mol. The van der Waals surface area contributed by atoms with Crippen LogP contribution < -0.4 is 11.1 Å². The van der Waals surface area contributed by atoms with Gasteiger partial charge in [-0.15, -0.1) is 0 Å². The topological polar surface area (TPSA) is 98.2 Å². The molecule has 0 saturated carbocycles. The number of anilines is 1. The van der Waals surface area contributed by atoms with Gasteiger partial charge in [0, 0.05) is 5.39 Å². The van der Waals surface area contributed by atoms with E-state index in [0.29, 0.717) is 15.8 Å². The van der Waals surface area contributed by atoms with E-state index in [9.17, 15) is 9.59 Å². The van der Waals surface area contributed by atoms with Crippen LogP contribution in [-0.2, 0) is 11.2 Å². The first-order chi connectivity index (χ1) is 12.1. The molecule has 2 aromatic carbocycles. The van der Waals surface area contributed by atoms with Crippen LogP contribution in [0.25, 0.3) is 21.7 Å². The van der Waals surface area contributed by atoms with Gasteiger partial charge in [-0.2, -0.15) is 0 Å². The second kappa shape index (κ2) is 6.03. The molecule has 2 heterocycles. The van der Waals surface area contributed by atoms with Gasteiger partial charge in [-0.05, 0) is 22.9 Å². The summed E-state index contributed by atoms with van der Waals surface area (Å²) in [5.41, 5.74) is 5.92. The van der Waals surface area contributed by atoms with E-state index in [4.69, 9.17) is 10.2 Å². The van der Waals surface area contributed by atoms with Gasteiger partial charge in [0.25, 0.3) is 5.91 Å². The zero-order valence-corrected chi connectivity index (χ0v) is 13.8. The van der Waals surface area contributed by atoms with Gasteiger partial charge in [-0.25, -0.2) is 4.98 Å². The predicted molar refractivity (Wildman–Crippen MR) is 96.7 cm³/mol. The third-order valence-electron chi connectivity index (χ3n) is 3.81. The Morgan fingerprint density at radius 2 is 2.00 bits per heavy atom. The zero-order valence-electron chi connectivity index (χ0n) is 13.0. The number of furan rings is 1. The molecule has 0 saturated heterocycles. The summed E-state index contributed by atoms with van der Waals surface area (Å²) in [6.07, 6.45) is 1.42. The van der Waals surface area contributed by atoms with E-state index in [2.05, 4.69) is 10.3 Å². The molecular weight excluding hydrogens is 338 g/mol. The molecule has 25 heavy (non-hydrogen) atoms. The Labute approximate surface area is 146 Å². The van der Waals surface area contributed by atoms with Crippen molar-refractivity contribution in [2.45, 2.75) is 6.42 Å². The summed E-state index contributed by atoms with van der Waals surface area (Å²) < 4.78 is 5.78. The summed E-state index contributed by atoms with van der Waals surface area (Å²) in [6, 6.07) is 13.8. The van der Waals surface area contributed by atoms with Crippen LogP contribution in [0.4, 0.5) is 5.13 Å². The standard InChI is InChI=1S/C18H13N3O3S/c19-17(23)15-9-20-18(25-15)21-16(22)8-11-7-13-12-4-2-1-3-10(12)5-6-14(13)24-11/h1-7,9H,8H2,(H2,19,23)(H,20,21,22). The first-order valence-corrected chi connectivity index (χ1v) is 8.37. The average Bonchev–Trinajstić information content (AvgIpc) is 3.21. The van der Waals surface area contributed by atoms with Crippen molar-refractivity contribution >= 4 is 50.0 Å². The Bertz CT molecular complexity index is 1110. The van der Waals surface area contributed by atoms with Gasteiger partial charge in [0.2, 0.25) is 5.91 Å². The molecular formula is C18H13N3O3S. The number of nitrogens with two attached hydrogens (primary N) is 1. The minimum Gasteiger partial charge on any atom is -0.461 e. The highest BCUT2D eigenvalue weighted by atomic mass is 32.1. The molecule has 6 nitrogen and oxygen atoms in total. The minimum atomic E-state index is -0.567. The van der Waals surface area contributed by atoms with Crippen LogP contribution in [-0.4, -0.2) is 16.8 Å².